The number of anilines is 2. The summed E-state index contributed by atoms with van der Waals surface area (Å²) in [6, 6.07) is 15.2. The molecule has 8 nitrogen and oxygen atoms in total. The summed E-state index contributed by atoms with van der Waals surface area (Å²) in [7, 11) is 4.72. The van der Waals surface area contributed by atoms with Crippen molar-refractivity contribution in [3.05, 3.63) is 60.3 Å². The number of amides is 1. The van der Waals surface area contributed by atoms with E-state index in [-0.39, 0.29) is 12.5 Å². The smallest absolute Gasteiger partial charge is 0.250 e. The highest BCUT2D eigenvalue weighted by atomic mass is 16.5. The third-order valence-corrected chi connectivity index (χ3v) is 4.52. The zero-order valence-electron chi connectivity index (χ0n) is 17.8. The summed E-state index contributed by atoms with van der Waals surface area (Å²) < 4.78 is 15.5. The Balaban J connectivity index is 1.64. The number of methoxy groups -OCH3 is 3. The third-order valence-electron chi connectivity index (χ3n) is 4.52. The van der Waals surface area contributed by atoms with E-state index in [9.17, 15) is 4.79 Å². The van der Waals surface area contributed by atoms with Crippen LogP contribution in [0.3, 0.4) is 0 Å². The van der Waals surface area contributed by atoms with Gasteiger partial charge in [0.25, 0.3) is 0 Å². The van der Waals surface area contributed by atoms with Crippen LogP contribution in [0.4, 0.5) is 11.6 Å². The largest absolute Gasteiger partial charge is 0.493 e. The van der Waals surface area contributed by atoms with Crippen molar-refractivity contribution in [3.63, 3.8) is 0 Å². The van der Waals surface area contributed by atoms with Crippen LogP contribution < -0.4 is 20.1 Å². The van der Waals surface area contributed by atoms with Gasteiger partial charge in [0.05, 0.1) is 19.9 Å². The number of hydrogen-bond acceptors (Lipinski definition) is 7. The maximum atomic E-state index is 11.7. The normalized spacial score (nSPS) is 10.4. The Bertz CT molecular complexity index is 1030. The van der Waals surface area contributed by atoms with E-state index < -0.39 is 0 Å². The number of aromatic nitrogens is 2. The molecule has 162 valence electrons. The molecular formula is C23H26N4O4. The predicted molar refractivity (Wildman–Crippen MR) is 120 cm³/mol. The van der Waals surface area contributed by atoms with E-state index in [0.717, 1.165) is 23.2 Å². The van der Waals surface area contributed by atoms with Crippen LogP contribution in [0.15, 0.2) is 54.7 Å². The predicted octanol–water partition coefficient (Wildman–Crippen LogP) is 3.40. The molecule has 0 saturated carbocycles. The average Bonchev–Trinajstić information content (AvgIpc) is 2.79. The Morgan fingerprint density at radius 1 is 1.00 bits per heavy atom. The second kappa shape index (κ2) is 10.9. The number of benzene rings is 2. The Morgan fingerprint density at radius 2 is 1.84 bits per heavy atom. The first-order valence-electron chi connectivity index (χ1n) is 9.80. The average molecular weight is 422 g/mol. The van der Waals surface area contributed by atoms with Crippen molar-refractivity contribution in [1.82, 2.24) is 9.97 Å². The quantitative estimate of drug-likeness (QED) is 0.517. The second-order valence-corrected chi connectivity index (χ2v) is 6.69. The standard InChI is InChI=1S/C23H26N4O4/c1-29-15-22(28)26-18-6-4-5-17(14-18)19-10-12-25-23(27-19)24-11-9-16-7-8-20(30-2)21(13-16)31-3/h4-8,10,12-14H,9,11,15H2,1-3H3,(H,26,28)(H,24,25,27). The van der Waals surface area contributed by atoms with Gasteiger partial charge in [0, 0.05) is 31.1 Å². The molecule has 0 spiro atoms. The maximum Gasteiger partial charge on any atom is 0.250 e. The monoisotopic (exact) mass is 422 g/mol. The van der Waals surface area contributed by atoms with Crippen molar-refractivity contribution < 1.29 is 19.0 Å². The van der Waals surface area contributed by atoms with Gasteiger partial charge in [0.15, 0.2) is 11.5 Å². The number of rotatable bonds is 10. The molecule has 0 aliphatic rings. The lowest BCUT2D eigenvalue weighted by atomic mass is 10.1. The molecule has 0 aliphatic heterocycles. The van der Waals surface area contributed by atoms with Gasteiger partial charge in [-0.15, -0.1) is 0 Å². The summed E-state index contributed by atoms with van der Waals surface area (Å²) in [5.41, 5.74) is 3.42. The fourth-order valence-corrected chi connectivity index (χ4v) is 3.04. The SMILES string of the molecule is COCC(=O)Nc1cccc(-c2ccnc(NCCc3ccc(OC)c(OC)c3)n2)c1. The molecule has 1 amide bonds. The first-order valence-corrected chi connectivity index (χ1v) is 9.80. The fourth-order valence-electron chi connectivity index (χ4n) is 3.04. The maximum absolute atomic E-state index is 11.7. The van der Waals surface area contributed by atoms with Gasteiger partial charge in [-0.25, -0.2) is 9.97 Å². The Morgan fingerprint density at radius 3 is 2.61 bits per heavy atom. The first kappa shape index (κ1) is 22.0. The number of nitrogens with one attached hydrogen (secondary N) is 2. The van der Waals surface area contributed by atoms with Gasteiger partial charge in [-0.1, -0.05) is 18.2 Å². The number of hydrogen-bond donors (Lipinski definition) is 2. The van der Waals surface area contributed by atoms with Crippen LogP contribution in [0.25, 0.3) is 11.3 Å². The third kappa shape index (κ3) is 6.16. The molecule has 3 rings (SSSR count). The van der Waals surface area contributed by atoms with Crippen LogP contribution in [0.1, 0.15) is 5.56 Å². The van der Waals surface area contributed by atoms with Crippen LogP contribution in [0.2, 0.25) is 0 Å². The Kier molecular flexibility index (Phi) is 7.78. The van der Waals surface area contributed by atoms with Gasteiger partial charge in [-0.2, -0.15) is 0 Å². The topological polar surface area (TPSA) is 94.6 Å². The summed E-state index contributed by atoms with van der Waals surface area (Å²) >= 11 is 0. The molecule has 0 bridgehead atoms. The lowest BCUT2D eigenvalue weighted by Crippen LogP contribution is -2.17. The second-order valence-electron chi connectivity index (χ2n) is 6.69. The zero-order chi connectivity index (χ0) is 22.1. The summed E-state index contributed by atoms with van der Waals surface area (Å²) in [6.07, 6.45) is 2.48. The van der Waals surface area contributed by atoms with E-state index in [1.165, 1.54) is 7.11 Å². The molecule has 3 aromatic rings. The zero-order valence-corrected chi connectivity index (χ0v) is 17.8. The van der Waals surface area contributed by atoms with Crippen LogP contribution in [-0.2, 0) is 16.0 Å². The molecular weight excluding hydrogens is 396 g/mol. The van der Waals surface area contributed by atoms with Gasteiger partial charge in [-0.3, -0.25) is 4.79 Å². The van der Waals surface area contributed by atoms with Crippen molar-refractivity contribution in [2.75, 3.05) is 45.1 Å². The Labute approximate surface area is 181 Å². The summed E-state index contributed by atoms with van der Waals surface area (Å²) in [4.78, 5) is 20.6. The molecule has 1 aromatic heterocycles. The van der Waals surface area contributed by atoms with Crippen molar-refractivity contribution in [2.45, 2.75) is 6.42 Å². The van der Waals surface area contributed by atoms with Gasteiger partial charge >= 0.3 is 0 Å². The van der Waals surface area contributed by atoms with E-state index >= 15 is 0 Å². The minimum Gasteiger partial charge on any atom is -0.493 e. The first-order chi connectivity index (χ1) is 15.1. The molecule has 0 atom stereocenters. The highest BCUT2D eigenvalue weighted by molar-refractivity contribution is 5.92. The highest BCUT2D eigenvalue weighted by Gasteiger charge is 2.07. The van der Waals surface area contributed by atoms with Gasteiger partial charge in [-0.05, 0) is 42.3 Å². The molecule has 0 fully saturated rings. The van der Waals surface area contributed by atoms with E-state index in [2.05, 4.69) is 20.6 Å². The van der Waals surface area contributed by atoms with E-state index in [1.54, 1.807) is 20.4 Å². The minimum atomic E-state index is -0.208. The van der Waals surface area contributed by atoms with Crippen molar-refractivity contribution in [1.29, 1.82) is 0 Å². The minimum absolute atomic E-state index is 0.00583. The number of nitrogens with zero attached hydrogens (tertiary/aromatic N) is 2. The summed E-state index contributed by atoms with van der Waals surface area (Å²) in [6.45, 7) is 0.665. The van der Waals surface area contributed by atoms with E-state index in [0.29, 0.717) is 29.7 Å². The van der Waals surface area contributed by atoms with E-state index in [1.807, 2.05) is 48.5 Å². The molecule has 0 radical (unpaired) electrons. The molecule has 0 saturated heterocycles. The molecule has 31 heavy (non-hydrogen) atoms. The van der Waals surface area contributed by atoms with Crippen molar-refractivity contribution >= 4 is 17.5 Å². The van der Waals surface area contributed by atoms with Crippen LogP contribution in [-0.4, -0.2) is 50.4 Å². The van der Waals surface area contributed by atoms with Crippen molar-refractivity contribution in [2.24, 2.45) is 0 Å². The lowest BCUT2D eigenvalue weighted by molar-refractivity contribution is -0.119. The lowest BCUT2D eigenvalue weighted by Gasteiger charge is -2.11. The molecule has 0 aliphatic carbocycles. The molecule has 0 unspecified atom stereocenters. The Hall–Kier alpha value is -3.65. The summed E-state index contributed by atoms with van der Waals surface area (Å²) in [5, 5.41) is 6.05. The molecule has 8 heteroatoms. The number of ether oxygens (including phenoxy) is 3. The molecule has 1 heterocycles. The van der Waals surface area contributed by atoms with Gasteiger partial charge < -0.3 is 24.8 Å². The van der Waals surface area contributed by atoms with Crippen molar-refractivity contribution in [3.8, 4) is 22.8 Å². The fraction of sp³-hybridized carbons (Fsp3) is 0.261. The van der Waals surface area contributed by atoms with Gasteiger partial charge in [0.2, 0.25) is 11.9 Å². The van der Waals surface area contributed by atoms with Crippen LogP contribution in [0.5, 0.6) is 11.5 Å². The number of carbonyl (C=O) groups is 1. The van der Waals surface area contributed by atoms with Gasteiger partial charge in [0.1, 0.15) is 6.61 Å². The van der Waals surface area contributed by atoms with Crippen LogP contribution in [0, 0.1) is 0 Å². The molecule has 2 aromatic carbocycles. The molecule has 2 N–H and O–H groups in total. The van der Waals surface area contributed by atoms with E-state index in [4.69, 9.17) is 14.2 Å². The number of carbonyl (C=O) groups excluding carboxylic acids is 1. The van der Waals surface area contributed by atoms with Crippen LogP contribution >= 0.6 is 0 Å². The summed E-state index contributed by atoms with van der Waals surface area (Å²) in [5.74, 6) is 1.73. The highest BCUT2D eigenvalue weighted by Crippen LogP contribution is 2.27.